The van der Waals surface area contributed by atoms with Gasteiger partial charge in [0, 0.05) is 9.86 Å². The predicted octanol–water partition coefficient (Wildman–Crippen LogP) is 1.66. The second kappa shape index (κ2) is 4.89. The third-order valence-corrected chi connectivity index (χ3v) is 2.99. The summed E-state index contributed by atoms with van der Waals surface area (Å²) >= 11 is 3.08. The van der Waals surface area contributed by atoms with Crippen molar-refractivity contribution in [3.63, 3.8) is 0 Å². The van der Waals surface area contributed by atoms with Gasteiger partial charge in [0.25, 0.3) is 5.56 Å². The summed E-state index contributed by atoms with van der Waals surface area (Å²) < 4.78 is 39.7. The first-order valence-electron chi connectivity index (χ1n) is 5.26. The smallest absolute Gasteiger partial charge is 0.368 e. The van der Waals surface area contributed by atoms with Crippen molar-refractivity contribution in [2.75, 3.05) is 0 Å². The molecule has 0 atom stereocenters. The van der Waals surface area contributed by atoms with E-state index in [1.54, 1.807) is 0 Å². The molecular formula is C11H7BrF3N3O2. The van der Waals surface area contributed by atoms with Gasteiger partial charge >= 0.3 is 6.18 Å². The number of fused-ring (bicyclic) bond motifs is 1. The highest BCUT2D eigenvalue weighted by Crippen LogP contribution is 2.32. The lowest BCUT2D eigenvalue weighted by Gasteiger charge is -2.12. The average Bonchev–Trinajstić information content (AvgIpc) is 2.31. The molecule has 0 radical (unpaired) electrons. The van der Waals surface area contributed by atoms with Crippen LogP contribution in [0.4, 0.5) is 13.2 Å². The maximum Gasteiger partial charge on any atom is 0.435 e. The Labute approximate surface area is 118 Å². The number of halogens is 4. The highest BCUT2D eigenvalue weighted by Gasteiger charge is 2.36. The van der Waals surface area contributed by atoms with Gasteiger partial charge in [0.15, 0.2) is 5.69 Å². The Morgan fingerprint density at radius 2 is 2.00 bits per heavy atom. The Morgan fingerprint density at radius 1 is 1.35 bits per heavy atom. The van der Waals surface area contributed by atoms with Gasteiger partial charge in [-0.1, -0.05) is 22.0 Å². The van der Waals surface area contributed by atoms with E-state index in [-0.39, 0.29) is 10.8 Å². The fraction of sp³-hybridized carbons (Fsp3) is 0.182. The van der Waals surface area contributed by atoms with Gasteiger partial charge in [-0.25, -0.2) is 4.68 Å². The first-order valence-corrected chi connectivity index (χ1v) is 6.05. The van der Waals surface area contributed by atoms with E-state index in [1.165, 1.54) is 12.1 Å². The van der Waals surface area contributed by atoms with Gasteiger partial charge in [0.2, 0.25) is 5.91 Å². The molecule has 2 aromatic rings. The number of rotatable bonds is 2. The standard InChI is InChI=1S/C11H7BrF3N3O2/c12-5-1-2-6-7(3-5)10(20)18(4-8(16)19)17-9(6)11(13,14)15/h1-3H,4H2,(H2,16,19). The summed E-state index contributed by atoms with van der Waals surface area (Å²) in [6, 6.07) is 3.76. The number of aromatic nitrogens is 2. The number of nitrogens with zero attached hydrogens (tertiary/aromatic N) is 2. The molecule has 1 aromatic heterocycles. The van der Waals surface area contributed by atoms with Crippen LogP contribution in [0, 0.1) is 0 Å². The number of nitrogens with two attached hydrogens (primary N) is 1. The number of carbonyl (C=O) groups is 1. The van der Waals surface area contributed by atoms with Gasteiger partial charge in [-0.3, -0.25) is 9.59 Å². The van der Waals surface area contributed by atoms with E-state index in [9.17, 15) is 22.8 Å². The molecule has 0 aliphatic rings. The summed E-state index contributed by atoms with van der Waals surface area (Å²) in [6.45, 7) is -0.718. The quantitative estimate of drug-likeness (QED) is 0.895. The van der Waals surface area contributed by atoms with Crippen molar-refractivity contribution in [1.29, 1.82) is 0 Å². The fourth-order valence-corrected chi connectivity index (χ4v) is 2.08. The van der Waals surface area contributed by atoms with Crippen LogP contribution in [0.25, 0.3) is 10.8 Å². The largest absolute Gasteiger partial charge is 0.435 e. The summed E-state index contributed by atoms with van der Waals surface area (Å²) in [5, 5.41) is 2.69. The first kappa shape index (κ1) is 14.5. The van der Waals surface area contributed by atoms with Crippen molar-refractivity contribution >= 4 is 32.6 Å². The Morgan fingerprint density at radius 3 is 2.55 bits per heavy atom. The number of hydrogen-bond donors (Lipinski definition) is 1. The second-order valence-electron chi connectivity index (χ2n) is 3.97. The zero-order valence-corrected chi connectivity index (χ0v) is 11.3. The van der Waals surface area contributed by atoms with Gasteiger partial charge in [0.05, 0.1) is 5.39 Å². The van der Waals surface area contributed by atoms with Crippen LogP contribution in [0.3, 0.4) is 0 Å². The van der Waals surface area contributed by atoms with E-state index >= 15 is 0 Å². The summed E-state index contributed by atoms with van der Waals surface area (Å²) in [5.41, 5.74) is 2.85. The van der Waals surface area contributed by atoms with E-state index in [2.05, 4.69) is 21.0 Å². The average molecular weight is 350 g/mol. The maximum atomic E-state index is 13.0. The van der Waals surface area contributed by atoms with Crippen molar-refractivity contribution in [3.8, 4) is 0 Å². The summed E-state index contributed by atoms with van der Waals surface area (Å²) in [7, 11) is 0. The van der Waals surface area contributed by atoms with Crippen LogP contribution in [0.1, 0.15) is 5.69 Å². The normalized spacial score (nSPS) is 11.8. The molecule has 2 rings (SSSR count). The molecule has 9 heteroatoms. The topological polar surface area (TPSA) is 78.0 Å². The van der Waals surface area contributed by atoms with Gasteiger partial charge in [-0.15, -0.1) is 0 Å². The molecule has 2 N–H and O–H groups in total. The molecule has 1 heterocycles. The lowest BCUT2D eigenvalue weighted by atomic mass is 10.1. The van der Waals surface area contributed by atoms with Gasteiger partial charge in [0.1, 0.15) is 6.54 Å². The van der Waals surface area contributed by atoms with Crippen LogP contribution >= 0.6 is 15.9 Å². The first-order chi connectivity index (χ1) is 9.20. The minimum atomic E-state index is -4.75. The lowest BCUT2D eigenvalue weighted by Crippen LogP contribution is -2.32. The minimum absolute atomic E-state index is 0.192. The van der Waals surface area contributed by atoms with E-state index in [0.717, 1.165) is 6.07 Å². The highest BCUT2D eigenvalue weighted by molar-refractivity contribution is 9.10. The molecule has 0 aliphatic carbocycles. The Kier molecular flexibility index (Phi) is 3.55. The Hall–Kier alpha value is -1.90. The van der Waals surface area contributed by atoms with Crippen molar-refractivity contribution in [3.05, 3.63) is 38.7 Å². The molecule has 0 unspecified atom stereocenters. The van der Waals surface area contributed by atoms with Gasteiger partial charge in [-0.05, 0) is 12.1 Å². The molecule has 0 saturated heterocycles. The van der Waals surface area contributed by atoms with Crippen molar-refractivity contribution in [2.24, 2.45) is 5.73 Å². The van der Waals surface area contributed by atoms with Crippen molar-refractivity contribution in [1.82, 2.24) is 9.78 Å². The van der Waals surface area contributed by atoms with Crippen LogP contribution in [0.2, 0.25) is 0 Å². The van der Waals surface area contributed by atoms with Crippen LogP contribution in [-0.2, 0) is 17.5 Å². The Bertz CT molecular complexity index is 755. The fourth-order valence-electron chi connectivity index (χ4n) is 1.72. The van der Waals surface area contributed by atoms with Crippen LogP contribution in [0.5, 0.6) is 0 Å². The van der Waals surface area contributed by atoms with E-state index < -0.39 is 29.9 Å². The van der Waals surface area contributed by atoms with Gasteiger partial charge < -0.3 is 5.73 Å². The van der Waals surface area contributed by atoms with Gasteiger partial charge in [-0.2, -0.15) is 18.3 Å². The molecule has 106 valence electrons. The summed E-state index contributed by atoms with van der Waals surface area (Å²) in [5.74, 6) is -0.956. The van der Waals surface area contributed by atoms with E-state index in [1.807, 2.05) is 0 Å². The van der Waals surface area contributed by atoms with Crippen molar-refractivity contribution < 1.29 is 18.0 Å². The monoisotopic (exact) mass is 349 g/mol. The summed E-state index contributed by atoms with van der Waals surface area (Å²) in [4.78, 5) is 22.8. The number of alkyl halides is 3. The number of primary amides is 1. The molecular weight excluding hydrogens is 343 g/mol. The van der Waals surface area contributed by atoms with Crippen molar-refractivity contribution in [2.45, 2.75) is 12.7 Å². The molecule has 0 aliphatic heterocycles. The Balaban J connectivity index is 2.88. The predicted molar refractivity (Wildman–Crippen MR) is 67.9 cm³/mol. The molecule has 1 aromatic carbocycles. The lowest BCUT2D eigenvalue weighted by molar-refractivity contribution is -0.141. The van der Waals surface area contributed by atoms with Crippen LogP contribution < -0.4 is 11.3 Å². The van der Waals surface area contributed by atoms with E-state index in [4.69, 9.17) is 5.73 Å². The number of amides is 1. The second-order valence-corrected chi connectivity index (χ2v) is 4.88. The third kappa shape index (κ3) is 2.67. The molecule has 5 nitrogen and oxygen atoms in total. The zero-order chi connectivity index (χ0) is 15.1. The zero-order valence-electron chi connectivity index (χ0n) is 9.74. The minimum Gasteiger partial charge on any atom is -0.368 e. The summed E-state index contributed by atoms with van der Waals surface area (Å²) in [6.07, 6.45) is -4.75. The number of carbonyl (C=O) groups excluding carboxylic acids is 1. The van der Waals surface area contributed by atoms with E-state index in [0.29, 0.717) is 9.15 Å². The molecule has 20 heavy (non-hydrogen) atoms. The number of hydrogen-bond acceptors (Lipinski definition) is 3. The molecule has 0 spiro atoms. The molecule has 0 bridgehead atoms. The maximum absolute atomic E-state index is 13.0. The van der Waals surface area contributed by atoms with Crippen LogP contribution in [0.15, 0.2) is 27.5 Å². The molecule has 0 saturated carbocycles. The molecule has 1 amide bonds. The number of benzene rings is 1. The molecule has 0 fully saturated rings. The highest BCUT2D eigenvalue weighted by atomic mass is 79.9. The van der Waals surface area contributed by atoms with Crippen LogP contribution in [-0.4, -0.2) is 15.7 Å². The SMILES string of the molecule is NC(=O)Cn1nc(C(F)(F)F)c2ccc(Br)cc2c1=O. The third-order valence-electron chi connectivity index (χ3n) is 2.50.